The largest absolute Gasteiger partial charge is 0.324 e. The first-order chi connectivity index (χ1) is 13.2. The van der Waals surface area contributed by atoms with E-state index in [2.05, 4.69) is 5.32 Å². The maximum atomic E-state index is 13.2. The molecule has 7 heteroatoms. The van der Waals surface area contributed by atoms with Crippen LogP contribution in [-0.2, 0) is 17.9 Å². The van der Waals surface area contributed by atoms with E-state index in [0.717, 1.165) is 32.1 Å². The molecular weight excluding hydrogens is 372 g/mol. The minimum Gasteiger partial charge on any atom is -0.324 e. The van der Waals surface area contributed by atoms with Gasteiger partial charge in [0.1, 0.15) is 17.2 Å². The average molecular weight is 399 g/mol. The van der Waals surface area contributed by atoms with Crippen LogP contribution in [0.1, 0.15) is 27.4 Å². The molecule has 1 aromatic carbocycles. The van der Waals surface area contributed by atoms with Crippen LogP contribution in [0.15, 0.2) is 23.0 Å². The maximum absolute atomic E-state index is 13.2. The van der Waals surface area contributed by atoms with E-state index < -0.39 is 0 Å². The molecule has 0 saturated heterocycles. The second kappa shape index (κ2) is 7.85. The number of amides is 1. The van der Waals surface area contributed by atoms with Gasteiger partial charge in [0.15, 0.2) is 0 Å². The number of aromatic nitrogens is 2. The molecule has 0 unspecified atom stereocenters. The van der Waals surface area contributed by atoms with E-state index in [1.54, 1.807) is 0 Å². The summed E-state index contributed by atoms with van der Waals surface area (Å²) in [4.78, 5) is 34.4. The number of fused-ring (bicyclic) bond motifs is 1. The lowest BCUT2D eigenvalue weighted by Gasteiger charge is -2.16. The summed E-state index contributed by atoms with van der Waals surface area (Å²) in [6, 6.07) is 5.79. The molecule has 0 bridgehead atoms. The van der Waals surface area contributed by atoms with Crippen molar-refractivity contribution in [3.63, 3.8) is 0 Å². The number of benzene rings is 1. The Morgan fingerprint density at radius 3 is 2.57 bits per heavy atom. The summed E-state index contributed by atoms with van der Waals surface area (Å²) in [6.45, 7) is 8.32. The van der Waals surface area contributed by atoms with Gasteiger partial charge < -0.3 is 10.2 Å². The highest BCUT2D eigenvalue weighted by atomic mass is 32.1. The monoisotopic (exact) mass is 398 g/mol. The van der Waals surface area contributed by atoms with E-state index in [9.17, 15) is 9.59 Å². The van der Waals surface area contributed by atoms with Crippen molar-refractivity contribution in [3.05, 3.63) is 55.9 Å². The van der Waals surface area contributed by atoms with Gasteiger partial charge in [-0.25, -0.2) is 4.98 Å². The van der Waals surface area contributed by atoms with Gasteiger partial charge in [-0.1, -0.05) is 12.1 Å². The predicted molar refractivity (Wildman–Crippen MR) is 115 cm³/mol. The number of nitrogens with one attached hydrogen (secondary N) is 1. The number of carbonyl (C=O) groups is 1. The van der Waals surface area contributed by atoms with Crippen LogP contribution in [0, 0.1) is 27.7 Å². The fourth-order valence-electron chi connectivity index (χ4n) is 3.16. The van der Waals surface area contributed by atoms with E-state index in [-0.39, 0.29) is 18.0 Å². The zero-order chi connectivity index (χ0) is 20.6. The standard InChI is InChI=1S/C21H26N4O2S/c1-12-8-7-9-16(13(12)2)22-18(26)11-25-17(10-24(5)6)23-20-19(21(25)27)14(3)15(4)28-20/h7-9H,10-11H2,1-6H3,(H,22,26). The highest BCUT2D eigenvalue weighted by Gasteiger charge is 2.19. The molecule has 0 atom stereocenters. The number of thiophene rings is 1. The Labute approximate surface area is 168 Å². The van der Waals surface area contributed by atoms with Gasteiger partial charge in [0.05, 0.1) is 11.9 Å². The summed E-state index contributed by atoms with van der Waals surface area (Å²) in [5, 5.41) is 3.55. The Bertz CT molecular complexity index is 1110. The summed E-state index contributed by atoms with van der Waals surface area (Å²) in [5.41, 5.74) is 3.69. The third-order valence-corrected chi connectivity index (χ3v) is 6.11. The van der Waals surface area contributed by atoms with Crippen LogP contribution < -0.4 is 10.9 Å². The molecule has 2 aromatic heterocycles. The minimum absolute atomic E-state index is 0.0628. The number of rotatable bonds is 5. The van der Waals surface area contributed by atoms with Crippen LogP contribution in [0.3, 0.4) is 0 Å². The normalized spacial score (nSPS) is 11.4. The molecule has 3 rings (SSSR count). The zero-order valence-corrected chi connectivity index (χ0v) is 18.0. The first kappa shape index (κ1) is 20.2. The van der Waals surface area contributed by atoms with Crippen LogP contribution >= 0.6 is 11.3 Å². The number of hydrogen-bond acceptors (Lipinski definition) is 5. The lowest BCUT2D eigenvalue weighted by Crippen LogP contribution is -2.33. The fraction of sp³-hybridized carbons (Fsp3) is 0.381. The second-order valence-electron chi connectivity index (χ2n) is 7.42. The first-order valence-corrected chi connectivity index (χ1v) is 10.0. The van der Waals surface area contributed by atoms with Crippen molar-refractivity contribution >= 4 is 33.1 Å². The lowest BCUT2D eigenvalue weighted by atomic mass is 10.1. The average Bonchev–Trinajstić information content (AvgIpc) is 2.89. The van der Waals surface area contributed by atoms with E-state index in [1.165, 1.54) is 15.9 Å². The Morgan fingerprint density at radius 1 is 1.18 bits per heavy atom. The van der Waals surface area contributed by atoms with E-state index in [4.69, 9.17) is 4.98 Å². The molecule has 0 aliphatic heterocycles. The first-order valence-electron chi connectivity index (χ1n) is 9.19. The Hall–Kier alpha value is -2.51. The van der Waals surface area contributed by atoms with Crippen molar-refractivity contribution in [2.45, 2.75) is 40.8 Å². The van der Waals surface area contributed by atoms with Crippen molar-refractivity contribution in [2.24, 2.45) is 0 Å². The van der Waals surface area contributed by atoms with E-state index >= 15 is 0 Å². The predicted octanol–water partition coefficient (Wildman–Crippen LogP) is 3.39. The van der Waals surface area contributed by atoms with Gasteiger partial charge in [-0.3, -0.25) is 14.2 Å². The molecule has 1 amide bonds. The molecule has 0 radical (unpaired) electrons. The summed E-state index contributed by atoms with van der Waals surface area (Å²) in [5.74, 6) is 0.362. The Morgan fingerprint density at radius 2 is 1.89 bits per heavy atom. The van der Waals surface area contributed by atoms with Crippen LogP contribution in [-0.4, -0.2) is 34.5 Å². The van der Waals surface area contributed by atoms with Gasteiger partial charge in [0.25, 0.3) is 5.56 Å². The third kappa shape index (κ3) is 3.86. The number of hydrogen-bond donors (Lipinski definition) is 1. The van der Waals surface area contributed by atoms with Gasteiger partial charge in [-0.15, -0.1) is 11.3 Å². The number of carbonyl (C=O) groups excluding carboxylic acids is 1. The molecule has 0 aliphatic carbocycles. The summed E-state index contributed by atoms with van der Waals surface area (Å²) in [7, 11) is 3.84. The number of aryl methyl sites for hydroxylation is 3. The number of anilines is 1. The van der Waals surface area contributed by atoms with Crippen LogP contribution in [0.2, 0.25) is 0 Å². The van der Waals surface area contributed by atoms with Gasteiger partial charge >= 0.3 is 0 Å². The summed E-state index contributed by atoms with van der Waals surface area (Å²) >= 11 is 1.52. The quantitative estimate of drug-likeness (QED) is 0.715. The summed E-state index contributed by atoms with van der Waals surface area (Å²) < 4.78 is 1.50. The van der Waals surface area contributed by atoms with Gasteiger partial charge in [0, 0.05) is 10.6 Å². The van der Waals surface area contributed by atoms with Crippen molar-refractivity contribution in [1.29, 1.82) is 0 Å². The van der Waals surface area contributed by atoms with Crippen molar-refractivity contribution in [1.82, 2.24) is 14.5 Å². The lowest BCUT2D eigenvalue weighted by molar-refractivity contribution is -0.116. The molecule has 1 N–H and O–H groups in total. The van der Waals surface area contributed by atoms with Crippen molar-refractivity contribution in [3.8, 4) is 0 Å². The van der Waals surface area contributed by atoms with E-state index in [1.807, 2.05) is 64.9 Å². The minimum atomic E-state index is -0.235. The molecule has 0 aliphatic rings. The highest BCUT2D eigenvalue weighted by molar-refractivity contribution is 7.18. The van der Waals surface area contributed by atoms with Crippen LogP contribution in [0.4, 0.5) is 5.69 Å². The molecule has 0 saturated carbocycles. The molecule has 6 nitrogen and oxygen atoms in total. The van der Waals surface area contributed by atoms with Gasteiger partial charge in [-0.2, -0.15) is 0 Å². The van der Waals surface area contributed by atoms with Gasteiger partial charge in [-0.05, 0) is 64.5 Å². The molecule has 28 heavy (non-hydrogen) atoms. The van der Waals surface area contributed by atoms with Crippen LogP contribution in [0.25, 0.3) is 10.2 Å². The third-order valence-electron chi connectivity index (χ3n) is 5.01. The Kier molecular flexibility index (Phi) is 5.67. The van der Waals surface area contributed by atoms with Crippen molar-refractivity contribution in [2.75, 3.05) is 19.4 Å². The SMILES string of the molecule is Cc1cccc(NC(=O)Cn2c(CN(C)C)nc3sc(C)c(C)c3c2=O)c1C. The topological polar surface area (TPSA) is 67.2 Å². The summed E-state index contributed by atoms with van der Waals surface area (Å²) in [6.07, 6.45) is 0. The molecule has 0 spiro atoms. The zero-order valence-electron chi connectivity index (χ0n) is 17.2. The van der Waals surface area contributed by atoms with E-state index in [0.29, 0.717) is 17.8 Å². The number of nitrogens with zero attached hydrogens (tertiary/aromatic N) is 3. The molecule has 2 heterocycles. The molecular formula is C21H26N4O2S. The fourth-order valence-corrected chi connectivity index (χ4v) is 4.19. The molecule has 0 fully saturated rings. The maximum Gasteiger partial charge on any atom is 0.263 e. The molecule has 148 valence electrons. The van der Waals surface area contributed by atoms with Crippen LogP contribution in [0.5, 0.6) is 0 Å². The smallest absolute Gasteiger partial charge is 0.263 e. The van der Waals surface area contributed by atoms with Crippen molar-refractivity contribution < 1.29 is 4.79 Å². The molecule has 3 aromatic rings. The van der Waals surface area contributed by atoms with Gasteiger partial charge in [0.2, 0.25) is 5.91 Å². The Balaban J connectivity index is 2.01. The second-order valence-corrected chi connectivity index (χ2v) is 8.62. The highest BCUT2D eigenvalue weighted by Crippen LogP contribution is 2.26.